The van der Waals surface area contributed by atoms with Gasteiger partial charge in [-0.2, -0.15) is 0 Å². The quantitative estimate of drug-likeness (QED) is 0.694. The topological polar surface area (TPSA) is 61.9 Å². The van der Waals surface area contributed by atoms with Gasteiger partial charge in [0.1, 0.15) is 0 Å². The molecule has 0 aromatic heterocycles. The van der Waals surface area contributed by atoms with Crippen LogP contribution in [0.2, 0.25) is 0 Å². The van der Waals surface area contributed by atoms with Gasteiger partial charge in [0.2, 0.25) is 5.91 Å². The normalized spacial score (nSPS) is 14.7. The second-order valence-corrected chi connectivity index (χ2v) is 7.08. The molecule has 1 N–H and O–H groups in total. The number of carbonyl (C=O) groups excluding carboxylic acids is 2. The van der Waals surface area contributed by atoms with Gasteiger partial charge in [-0.25, -0.2) is 14.8 Å². The largest absolute Gasteiger partial charge is 0.462 e. The zero-order valence-electron chi connectivity index (χ0n) is 17.2. The van der Waals surface area contributed by atoms with Crippen LogP contribution in [-0.2, 0) is 22.5 Å². The highest BCUT2D eigenvalue weighted by Gasteiger charge is 2.25. The number of ether oxygens (including phenoxy) is 1. The minimum Gasteiger partial charge on any atom is -0.462 e. The Bertz CT molecular complexity index is 839. The number of hydrogen-bond acceptors (Lipinski definition) is 5. The molecule has 1 fully saturated rings. The fourth-order valence-electron chi connectivity index (χ4n) is 3.64. The van der Waals surface area contributed by atoms with Gasteiger partial charge in [0.15, 0.2) is 0 Å². The Morgan fingerprint density at radius 1 is 1.00 bits per heavy atom. The number of carbonyl (C=O) groups is 2. The highest BCUT2D eigenvalue weighted by atomic mass is 16.5. The van der Waals surface area contributed by atoms with Gasteiger partial charge < -0.3 is 10.1 Å². The molecule has 1 amide bonds. The van der Waals surface area contributed by atoms with Crippen molar-refractivity contribution in [2.45, 2.75) is 33.2 Å². The molecule has 3 rings (SSSR count). The van der Waals surface area contributed by atoms with Crippen molar-refractivity contribution in [2.24, 2.45) is 0 Å². The predicted octanol–water partition coefficient (Wildman–Crippen LogP) is 3.49. The third-order valence-corrected chi connectivity index (χ3v) is 5.06. The van der Waals surface area contributed by atoms with Gasteiger partial charge in [-0.1, -0.05) is 49.4 Å². The number of benzene rings is 2. The molecule has 1 aliphatic rings. The van der Waals surface area contributed by atoms with Crippen LogP contribution in [0.5, 0.6) is 0 Å². The van der Waals surface area contributed by atoms with Crippen LogP contribution in [0, 0.1) is 0 Å². The number of para-hydroxylation sites is 1. The molecule has 2 aromatic rings. The van der Waals surface area contributed by atoms with E-state index in [2.05, 4.69) is 27.5 Å². The van der Waals surface area contributed by atoms with Crippen LogP contribution in [-0.4, -0.2) is 48.1 Å². The molecule has 0 spiro atoms. The van der Waals surface area contributed by atoms with Crippen LogP contribution in [0.4, 0.5) is 5.69 Å². The van der Waals surface area contributed by atoms with E-state index in [1.807, 2.05) is 37.3 Å². The SMILES string of the molecule is CCOC(=O)c1cccc(CC)c1NC(=O)CN1CCCN1Cc1ccccc1. The van der Waals surface area contributed by atoms with Crippen molar-refractivity contribution in [3.05, 3.63) is 65.2 Å². The summed E-state index contributed by atoms with van der Waals surface area (Å²) in [6, 6.07) is 15.7. The Balaban J connectivity index is 1.69. The molecule has 0 radical (unpaired) electrons. The number of anilines is 1. The molecule has 1 saturated heterocycles. The van der Waals surface area contributed by atoms with E-state index in [0.29, 0.717) is 24.3 Å². The maximum atomic E-state index is 12.8. The fraction of sp³-hybridized carbons (Fsp3) is 0.391. The van der Waals surface area contributed by atoms with Gasteiger partial charge in [0, 0.05) is 19.6 Å². The average Bonchev–Trinajstić information content (AvgIpc) is 3.15. The van der Waals surface area contributed by atoms with E-state index >= 15 is 0 Å². The zero-order chi connectivity index (χ0) is 20.6. The fourth-order valence-corrected chi connectivity index (χ4v) is 3.64. The van der Waals surface area contributed by atoms with Crippen LogP contribution in [0.15, 0.2) is 48.5 Å². The number of amides is 1. The van der Waals surface area contributed by atoms with E-state index in [0.717, 1.165) is 31.6 Å². The summed E-state index contributed by atoms with van der Waals surface area (Å²) in [5.74, 6) is -0.540. The molecule has 6 heteroatoms. The van der Waals surface area contributed by atoms with Gasteiger partial charge in [0.05, 0.1) is 24.4 Å². The van der Waals surface area contributed by atoms with Crippen LogP contribution in [0.3, 0.4) is 0 Å². The molecule has 29 heavy (non-hydrogen) atoms. The van der Waals surface area contributed by atoms with Gasteiger partial charge in [-0.15, -0.1) is 0 Å². The molecule has 1 aliphatic heterocycles. The van der Waals surface area contributed by atoms with E-state index < -0.39 is 5.97 Å². The molecule has 0 atom stereocenters. The van der Waals surface area contributed by atoms with Crippen molar-refractivity contribution in [2.75, 3.05) is 31.6 Å². The number of nitrogens with one attached hydrogen (secondary N) is 1. The third kappa shape index (κ3) is 5.43. The number of rotatable bonds is 8. The minimum absolute atomic E-state index is 0.128. The molecule has 154 valence electrons. The summed E-state index contributed by atoms with van der Waals surface area (Å²) in [5, 5.41) is 7.27. The van der Waals surface area contributed by atoms with E-state index in [1.165, 1.54) is 5.56 Å². The van der Waals surface area contributed by atoms with Crippen molar-refractivity contribution in [1.82, 2.24) is 10.0 Å². The summed E-state index contributed by atoms with van der Waals surface area (Å²) in [7, 11) is 0. The minimum atomic E-state index is -0.412. The molecule has 1 heterocycles. The number of nitrogens with zero attached hydrogens (tertiary/aromatic N) is 2. The summed E-state index contributed by atoms with van der Waals surface area (Å²) in [5.41, 5.74) is 3.11. The van der Waals surface area contributed by atoms with E-state index in [1.54, 1.807) is 13.0 Å². The third-order valence-electron chi connectivity index (χ3n) is 5.06. The van der Waals surface area contributed by atoms with E-state index in [4.69, 9.17) is 4.74 Å². The summed E-state index contributed by atoms with van der Waals surface area (Å²) in [4.78, 5) is 25.2. The Hall–Kier alpha value is -2.70. The van der Waals surface area contributed by atoms with Gasteiger partial charge in [-0.05, 0) is 37.0 Å². The molecule has 0 bridgehead atoms. The van der Waals surface area contributed by atoms with E-state index in [9.17, 15) is 9.59 Å². The Morgan fingerprint density at radius 3 is 2.48 bits per heavy atom. The van der Waals surface area contributed by atoms with Crippen molar-refractivity contribution < 1.29 is 14.3 Å². The second kappa shape index (κ2) is 10.2. The first kappa shape index (κ1) is 21.0. The summed E-state index contributed by atoms with van der Waals surface area (Å²) >= 11 is 0. The zero-order valence-corrected chi connectivity index (χ0v) is 17.2. The van der Waals surface area contributed by atoms with Crippen LogP contribution in [0.1, 0.15) is 41.8 Å². The van der Waals surface area contributed by atoms with Crippen molar-refractivity contribution in [3.8, 4) is 0 Å². The lowest BCUT2D eigenvalue weighted by atomic mass is 10.0. The lowest BCUT2D eigenvalue weighted by Crippen LogP contribution is -2.41. The van der Waals surface area contributed by atoms with Crippen LogP contribution < -0.4 is 5.32 Å². The second-order valence-electron chi connectivity index (χ2n) is 7.08. The Morgan fingerprint density at radius 2 is 1.76 bits per heavy atom. The number of esters is 1. The lowest BCUT2D eigenvalue weighted by Gasteiger charge is -2.27. The summed E-state index contributed by atoms with van der Waals surface area (Å²) in [6.07, 6.45) is 1.74. The Labute approximate surface area is 172 Å². The van der Waals surface area contributed by atoms with Crippen LogP contribution in [0.25, 0.3) is 0 Å². The lowest BCUT2D eigenvalue weighted by molar-refractivity contribution is -0.121. The highest BCUT2D eigenvalue weighted by Crippen LogP contribution is 2.23. The van der Waals surface area contributed by atoms with Gasteiger partial charge >= 0.3 is 5.97 Å². The van der Waals surface area contributed by atoms with E-state index in [-0.39, 0.29) is 12.5 Å². The molecule has 2 aromatic carbocycles. The monoisotopic (exact) mass is 395 g/mol. The van der Waals surface area contributed by atoms with Gasteiger partial charge in [0.25, 0.3) is 0 Å². The molecular weight excluding hydrogens is 366 g/mol. The van der Waals surface area contributed by atoms with Crippen molar-refractivity contribution in [1.29, 1.82) is 0 Å². The average molecular weight is 396 g/mol. The molecular formula is C23H29N3O3. The summed E-state index contributed by atoms with van der Waals surface area (Å²) in [6.45, 7) is 6.89. The summed E-state index contributed by atoms with van der Waals surface area (Å²) < 4.78 is 5.16. The maximum Gasteiger partial charge on any atom is 0.340 e. The highest BCUT2D eigenvalue weighted by molar-refractivity contribution is 6.02. The maximum absolute atomic E-state index is 12.8. The molecule has 6 nitrogen and oxygen atoms in total. The Kier molecular flexibility index (Phi) is 7.38. The standard InChI is InChI=1S/C23H29N3O3/c1-3-19-12-8-13-20(23(28)29-4-2)22(19)24-21(27)17-26-15-9-14-25(26)16-18-10-6-5-7-11-18/h5-8,10-13H,3-4,9,14-17H2,1-2H3,(H,24,27). The smallest absolute Gasteiger partial charge is 0.340 e. The van der Waals surface area contributed by atoms with Crippen LogP contribution >= 0.6 is 0 Å². The molecule has 0 aliphatic carbocycles. The number of aryl methyl sites for hydroxylation is 1. The number of hydrogen-bond donors (Lipinski definition) is 1. The first-order chi connectivity index (χ1) is 14.1. The predicted molar refractivity (Wildman–Crippen MR) is 113 cm³/mol. The molecule has 0 unspecified atom stereocenters. The first-order valence-corrected chi connectivity index (χ1v) is 10.2. The van der Waals surface area contributed by atoms with Crippen molar-refractivity contribution in [3.63, 3.8) is 0 Å². The van der Waals surface area contributed by atoms with Gasteiger partial charge in [-0.3, -0.25) is 4.79 Å². The van der Waals surface area contributed by atoms with Crippen molar-refractivity contribution >= 4 is 17.6 Å². The number of hydrazine groups is 1. The molecule has 0 saturated carbocycles. The first-order valence-electron chi connectivity index (χ1n) is 10.2.